The van der Waals surface area contributed by atoms with E-state index < -0.39 is 0 Å². The lowest BCUT2D eigenvalue weighted by atomic mass is 9.77. The highest BCUT2D eigenvalue weighted by Crippen LogP contribution is 2.31. The number of hydrogen-bond donors (Lipinski definition) is 1. The minimum Gasteiger partial charge on any atom is -0.314 e. The Hall–Kier alpha value is -0.340. The first kappa shape index (κ1) is 19.7. The van der Waals surface area contributed by atoms with E-state index in [1.165, 1.54) is 45.6 Å². The van der Waals surface area contributed by atoms with E-state index in [9.17, 15) is 0 Å². The fourth-order valence-corrected chi connectivity index (χ4v) is 1.98. The van der Waals surface area contributed by atoms with Crippen molar-refractivity contribution in [2.45, 2.75) is 54.4 Å². The van der Waals surface area contributed by atoms with Gasteiger partial charge >= 0.3 is 0 Å². The number of allylic oxidation sites excluding steroid dienone is 1. The number of rotatable bonds is 6. The average molecular weight is 283 g/mol. The summed E-state index contributed by atoms with van der Waals surface area (Å²) in [5.41, 5.74) is 0.508. The molecule has 0 atom stereocenters. The first-order valence-corrected chi connectivity index (χ1v) is 8.35. The molecule has 1 heterocycles. The Morgan fingerprint density at radius 2 is 1.65 bits per heavy atom. The summed E-state index contributed by atoms with van der Waals surface area (Å²) in [5, 5.41) is 3.40. The van der Waals surface area contributed by atoms with Crippen LogP contribution in [-0.2, 0) is 0 Å². The highest BCUT2D eigenvalue weighted by atomic mass is 15.2. The molecule has 0 amide bonds. The van der Waals surface area contributed by atoms with Gasteiger partial charge in [-0.1, -0.05) is 47.6 Å². The molecule has 1 aliphatic heterocycles. The molecule has 2 nitrogen and oxygen atoms in total. The zero-order valence-electron chi connectivity index (χ0n) is 14.8. The van der Waals surface area contributed by atoms with Gasteiger partial charge in [-0.05, 0) is 36.6 Å². The first-order chi connectivity index (χ1) is 9.29. The smallest absolute Gasteiger partial charge is 0.0107 e. The second kappa shape index (κ2) is 10.4. The number of nitrogens with one attached hydrogen (secondary N) is 1. The lowest BCUT2D eigenvalue weighted by Gasteiger charge is -2.32. The van der Waals surface area contributed by atoms with Crippen LogP contribution >= 0.6 is 0 Å². The molecule has 1 rings (SSSR count). The van der Waals surface area contributed by atoms with Gasteiger partial charge in [0.05, 0.1) is 0 Å². The molecule has 0 spiro atoms. The zero-order chi connectivity index (χ0) is 15.6. The lowest BCUT2D eigenvalue weighted by molar-refractivity contribution is 0.188. The maximum atomic E-state index is 3.56. The minimum absolute atomic E-state index is 0.508. The van der Waals surface area contributed by atoms with Gasteiger partial charge in [0.15, 0.2) is 0 Å². The third kappa shape index (κ3) is 9.55. The predicted molar refractivity (Wildman–Crippen MR) is 92.2 cm³/mol. The molecule has 0 radical (unpaired) electrons. The van der Waals surface area contributed by atoms with Crippen LogP contribution in [0, 0.1) is 17.3 Å². The number of piperazine rings is 1. The van der Waals surface area contributed by atoms with E-state index in [1.807, 2.05) is 6.08 Å². The van der Waals surface area contributed by atoms with Crippen molar-refractivity contribution in [2.75, 3.05) is 32.7 Å². The highest BCUT2D eigenvalue weighted by molar-refractivity contribution is 4.74. The fraction of sp³-hybridized carbons (Fsp3) is 0.889. The summed E-state index contributed by atoms with van der Waals surface area (Å²) in [6, 6.07) is 0. The molecule has 0 unspecified atom stereocenters. The van der Waals surface area contributed by atoms with E-state index >= 15 is 0 Å². The third-order valence-electron chi connectivity index (χ3n) is 4.54. The summed E-state index contributed by atoms with van der Waals surface area (Å²) in [5.74, 6) is 1.44. The van der Waals surface area contributed by atoms with E-state index in [-0.39, 0.29) is 0 Å². The summed E-state index contributed by atoms with van der Waals surface area (Å²) in [4.78, 5) is 2.59. The van der Waals surface area contributed by atoms with E-state index in [4.69, 9.17) is 0 Å². The van der Waals surface area contributed by atoms with Crippen molar-refractivity contribution in [3.05, 3.63) is 12.7 Å². The Kier molecular flexibility index (Phi) is 10.2. The van der Waals surface area contributed by atoms with Crippen LogP contribution in [0.3, 0.4) is 0 Å². The van der Waals surface area contributed by atoms with Gasteiger partial charge in [-0.3, -0.25) is 0 Å². The Bertz CT molecular complexity index is 238. The molecule has 0 saturated carbocycles. The van der Waals surface area contributed by atoms with E-state index in [1.54, 1.807) is 0 Å². The maximum absolute atomic E-state index is 3.56. The van der Waals surface area contributed by atoms with E-state index in [0.29, 0.717) is 11.3 Å². The van der Waals surface area contributed by atoms with Crippen molar-refractivity contribution in [3.8, 4) is 0 Å². The Morgan fingerprint density at radius 3 is 2.05 bits per heavy atom. The maximum Gasteiger partial charge on any atom is 0.0107 e. The molecule has 20 heavy (non-hydrogen) atoms. The van der Waals surface area contributed by atoms with Gasteiger partial charge in [0.25, 0.3) is 0 Å². The van der Waals surface area contributed by atoms with E-state index in [2.05, 4.69) is 58.3 Å². The molecule has 0 aliphatic carbocycles. The topological polar surface area (TPSA) is 15.3 Å². The van der Waals surface area contributed by atoms with Crippen LogP contribution in [0.15, 0.2) is 12.7 Å². The molecule has 1 N–H and O–H groups in total. The molecule has 120 valence electrons. The van der Waals surface area contributed by atoms with Gasteiger partial charge in [-0.15, -0.1) is 6.58 Å². The zero-order valence-corrected chi connectivity index (χ0v) is 14.8. The normalized spacial score (nSPS) is 17.0. The van der Waals surface area contributed by atoms with Crippen LogP contribution in [0.2, 0.25) is 0 Å². The molecule has 0 bridgehead atoms. The summed E-state index contributed by atoms with van der Waals surface area (Å²) in [7, 11) is 0. The Labute approximate surface area is 128 Å². The van der Waals surface area contributed by atoms with Gasteiger partial charge in [0.2, 0.25) is 0 Å². The Morgan fingerprint density at radius 1 is 1.15 bits per heavy atom. The predicted octanol–water partition coefficient (Wildman–Crippen LogP) is 4.18. The standard InChI is InChI=1S/C13H28N2.C5H10/c1-12(2)13(3,4)6-5-9-15-10-7-14-8-11-15;1-4-5(2)3/h12,14H,5-11H2,1-4H3;4-5H,1H2,2-3H3. The van der Waals surface area contributed by atoms with Crippen LogP contribution in [0.4, 0.5) is 0 Å². The molecule has 0 aromatic heterocycles. The van der Waals surface area contributed by atoms with Crippen LogP contribution in [0.5, 0.6) is 0 Å². The molecule has 0 aromatic carbocycles. The van der Waals surface area contributed by atoms with Crippen LogP contribution in [0.25, 0.3) is 0 Å². The van der Waals surface area contributed by atoms with Gasteiger partial charge in [0, 0.05) is 26.2 Å². The van der Waals surface area contributed by atoms with Crippen molar-refractivity contribution in [2.24, 2.45) is 17.3 Å². The number of hydrogen-bond acceptors (Lipinski definition) is 2. The lowest BCUT2D eigenvalue weighted by Crippen LogP contribution is -2.43. The van der Waals surface area contributed by atoms with Crippen molar-refractivity contribution in [1.29, 1.82) is 0 Å². The average Bonchev–Trinajstić information content (AvgIpc) is 2.40. The van der Waals surface area contributed by atoms with Crippen LogP contribution in [0.1, 0.15) is 54.4 Å². The SMILES string of the molecule is C=CC(C)C.CC(C)C(C)(C)CCCN1CCNCC1. The number of nitrogens with zero attached hydrogens (tertiary/aromatic N) is 1. The minimum atomic E-state index is 0.508. The largest absolute Gasteiger partial charge is 0.314 e. The quantitative estimate of drug-likeness (QED) is 0.735. The molecular weight excluding hydrogens is 244 g/mol. The highest BCUT2D eigenvalue weighted by Gasteiger charge is 2.22. The Balaban J connectivity index is 0.000000621. The van der Waals surface area contributed by atoms with Crippen molar-refractivity contribution < 1.29 is 0 Å². The molecule has 0 aromatic rings. The van der Waals surface area contributed by atoms with Crippen LogP contribution < -0.4 is 5.32 Å². The second-order valence-corrected chi connectivity index (χ2v) is 7.32. The summed E-state index contributed by atoms with van der Waals surface area (Å²) >= 11 is 0. The molecular formula is C18H38N2. The molecule has 1 aliphatic rings. The summed E-state index contributed by atoms with van der Waals surface area (Å²) in [6.07, 6.45) is 4.62. The first-order valence-electron chi connectivity index (χ1n) is 8.35. The van der Waals surface area contributed by atoms with Crippen LogP contribution in [-0.4, -0.2) is 37.6 Å². The molecule has 1 fully saturated rings. The molecule has 2 heteroatoms. The summed E-state index contributed by atoms with van der Waals surface area (Å²) < 4.78 is 0. The monoisotopic (exact) mass is 282 g/mol. The summed E-state index contributed by atoms with van der Waals surface area (Å²) in [6.45, 7) is 23.4. The van der Waals surface area contributed by atoms with Gasteiger partial charge in [-0.2, -0.15) is 0 Å². The van der Waals surface area contributed by atoms with E-state index in [0.717, 1.165) is 5.92 Å². The molecule has 1 saturated heterocycles. The van der Waals surface area contributed by atoms with Crippen molar-refractivity contribution >= 4 is 0 Å². The fourth-order valence-electron chi connectivity index (χ4n) is 1.98. The van der Waals surface area contributed by atoms with Gasteiger partial charge in [-0.25, -0.2) is 0 Å². The second-order valence-electron chi connectivity index (χ2n) is 7.32. The van der Waals surface area contributed by atoms with Crippen molar-refractivity contribution in [1.82, 2.24) is 10.2 Å². The third-order valence-corrected chi connectivity index (χ3v) is 4.54. The van der Waals surface area contributed by atoms with Crippen molar-refractivity contribution in [3.63, 3.8) is 0 Å². The van der Waals surface area contributed by atoms with Gasteiger partial charge < -0.3 is 10.2 Å². The van der Waals surface area contributed by atoms with Gasteiger partial charge in [0.1, 0.15) is 0 Å².